The van der Waals surface area contributed by atoms with Gasteiger partial charge in [-0.25, -0.2) is 0 Å². The summed E-state index contributed by atoms with van der Waals surface area (Å²) >= 11 is 0. The number of hydrogen-bond acceptors (Lipinski definition) is 1. The second-order valence-electron chi connectivity index (χ2n) is 4.26. The Morgan fingerprint density at radius 2 is 1.93 bits per heavy atom. The van der Waals surface area contributed by atoms with Gasteiger partial charge in [-0.05, 0) is 46.0 Å². The summed E-state index contributed by atoms with van der Waals surface area (Å²) in [6, 6.07) is 0. The van der Waals surface area contributed by atoms with Crippen molar-refractivity contribution in [2.75, 3.05) is 6.54 Å². The fourth-order valence-electron chi connectivity index (χ4n) is 1.50. The van der Waals surface area contributed by atoms with E-state index in [-0.39, 0.29) is 0 Å². The van der Waals surface area contributed by atoms with Gasteiger partial charge in [0, 0.05) is 12.2 Å². The molecule has 0 aliphatic rings. The molecule has 0 saturated carbocycles. The molecule has 1 nitrogen and oxygen atoms in total. The fraction of sp³-hybridized carbons (Fsp3) is 0.714. The molecule has 0 saturated heterocycles. The van der Waals surface area contributed by atoms with E-state index in [1.807, 2.05) is 0 Å². The van der Waals surface area contributed by atoms with Gasteiger partial charge in [-0.15, -0.1) is 6.58 Å². The lowest BCUT2D eigenvalue weighted by Gasteiger charge is -2.10. The fourth-order valence-corrected chi connectivity index (χ4v) is 1.50. The quantitative estimate of drug-likeness (QED) is 0.438. The molecule has 0 heterocycles. The molecular formula is C14H27N. The van der Waals surface area contributed by atoms with Crippen LogP contribution in [0.4, 0.5) is 0 Å². The minimum atomic E-state index is 1.11. The molecule has 0 aliphatic heterocycles. The average Bonchev–Trinajstić information content (AvgIpc) is 2.21. The zero-order chi connectivity index (χ0) is 11.5. The van der Waals surface area contributed by atoms with Gasteiger partial charge in [0.15, 0.2) is 0 Å². The smallest absolute Gasteiger partial charge is 0.0143 e. The van der Waals surface area contributed by atoms with Crippen LogP contribution >= 0.6 is 0 Å². The first-order chi connectivity index (χ1) is 7.20. The van der Waals surface area contributed by atoms with Gasteiger partial charge in [0.25, 0.3) is 0 Å². The van der Waals surface area contributed by atoms with Crippen LogP contribution in [0.2, 0.25) is 0 Å². The van der Waals surface area contributed by atoms with Crippen molar-refractivity contribution in [3.8, 4) is 0 Å². The number of unbranched alkanes of at least 4 members (excludes halogenated alkanes) is 2. The van der Waals surface area contributed by atoms with Gasteiger partial charge in [-0.1, -0.05) is 25.0 Å². The van der Waals surface area contributed by atoms with Crippen LogP contribution in [-0.2, 0) is 0 Å². The van der Waals surface area contributed by atoms with Crippen LogP contribution in [0.3, 0.4) is 0 Å². The minimum absolute atomic E-state index is 1.11. The molecule has 0 atom stereocenters. The molecule has 15 heavy (non-hydrogen) atoms. The molecule has 88 valence electrons. The average molecular weight is 209 g/mol. The van der Waals surface area contributed by atoms with Gasteiger partial charge in [0.2, 0.25) is 0 Å². The van der Waals surface area contributed by atoms with Crippen molar-refractivity contribution < 1.29 is 0 Å². The van der Waals surface area contributed by atoms with Crippen molar-refractivity contribution in [1.82, 2.24) is 5.32 Å². The molecule has 0 rings (SSSR count). The van der Waals surface area contributed by atoms with E-state index in [1.165, 1.54) is 49.8 Å². The standard InChI is InChI=1S/C14H27N/c1-5-7-11-14(6-2)15-12-9-8-10-13(3)4/h6,15H,3,5,7-12H2,1-2,4H3/b14-6-. The third kappa shape index (κ3) is 9.58. The molecular weight excluding hydrogens is 182 g/mol. The van der Waals surface area contributed by atoms with E-state index in [2.05, 4.69) is 38.7 Å². The Balaban J connectivity index is 3.43. The number of nitrogens with one attached hydrogen (secondary N) is 1. The lowest BCUT2D eigenvalue weighted by atomic mass is 10.1. The van der Waals surface area contributed by atoms with E-state index in [1.54, 1.807) is 0 Å². The van der Waals surface area contributed by atoms with E-state index in [0.717, 1.165) is 6.54 Å². The Labute approximate surface area is 95.7 Å². The van der Waals surface area contributed by atoms with Crippen LogP contribution in [0.1, 0.15) is 59.3 Å². The predicted molar refractivity (Wildman–Crippen MR) is 69.9 cm³/mol. The van der Waals surface area contributed by atoms with Crippen molar-refractivity contribution in [2.24, 2.45) is 0 Å². The third-order valence-electron chi connectivity index (χ3n) is 2.53. The Bertz CT molecular complexity index is 192. The van der Waals surface area contributed by atoms with Gasteiger partial charge >= 0.3 is 0 Å². The SMILES string of the molecule is C=C(C)CCCCN/C(=C\C)CCCC. The van der Waals surface area contributed by atoms with Gasteiger partial charge in [0.1, 0.15) is 0 Å². The molecule has 1 heteroatoms. The molecule has 0 fully saturated rings. The Kier molecular flexibility index (Phi) is 9.35. The summed E-state index contributed by atoms with van der Waals surface area (Å²) in [7, 11) is 0. The van der Waals surface area contributed by atoms with E-state index in [4.69, 9.17) is 0 Å². The number of hydrogen-bond donors (Lipinski definition) is 1. The van der Waals surface area contributed by atoms with Crippen molar-refractivity contribution >= 4 is 0 Å². The highest BCUT2D eigenvalue weighted by atomic mass is 14.9. The van der Waals surface area contributed by atoms with Crippen LogP contribution in [0.25, 0.3) is 0 Å². The maximum atomic E-state index is 3.91. The summed E-state index contributed by atoms with van der Waals surface area (Å²) in [5.41, 5.74) is 2.71. The maximum Gasteiger partial charge on any atom is 0.0143 e. The van der Waals surface area contributed by atoms with E-state index < -0.39 is 0 Å². The van der Waals surface area contributed by atoms with Gasteiger partial charge in [-0.2, -0.15) is 0 Å². The molecule has 0 bridgehead atoms. The lowest BCUT2D eigenvalue weighted by molar-refractivity contribution is 0.643. The monoisotopic (exact) mass is 209 g/mol. The Morgan fingerprint density at radius 3 is 2.47 bits per heavy atom. The van der Waals surface area contributed by atoms with E-state index in [0.29, 0.717) is 0 Å². The molecule has 0 aromatic carbocycles. The van der Waals surface area contributed by atoms with E-state index in [9.17, 15) is 0 Å². The molecule has 0 aromatic rings. The van der Waals surface area contributed by atoms with Crippen molar-refractivity contribution in [2.45, 2.75) is 59.3 Å². The highest BCUT2D eigenvalue weighted by Crippen LogP contribution is 2.06. The van der Waals surface area contributed by atoms with Gasteiger partial charge in [0.05, 0.1) is 0 Å². The molecule has 0 unspecified atom stereocenters. The molecule has 0 radical (unpaired) electrons. The molecule has 1 N–H and O–H groups in total. The highest BCUT2D eigenvalue weighted by Gasteiger charge is 1.94. The lowest BCUT2D eigenvalue weighted by Crippen LogP contribution is -2.14. The van der Waals surface area contributed by atoms with Crippen LogP contribution < -0.4 is 5.32 Å². The molecule has 0 aromatic heterocycles. The summed E-state index contributed by atoms with van der Waals surface area (Å²) in [5, 5.41) is 3.51. The summed E-state index contributed by atoms with van der Waals surface area (Å²) in [4.78, 5) is 0. The second kappa shape index (κ2) is 9.82. The van der Waals surface area contributed by atoms with Gasteiger partial charge in [-0.3, -0.25) is 0 Å². The van der Waals surface area contributed by atoms with E-state index >= 15 is 0 Å². The first kappa shape index (κ1) is 14.3. The molecule has 0 spiro atoms. The Hall–Kier alpha value is -0.720. The number of allylic oxidation sites excluding steroid dienone is 3. The molecule has 0 amide bonds. The topological polar surface area (TPSA) is 12.0 Å². The predicted octanol–water partition coefficient (Wildman–Crippen LogP) is 4.42. The van der Waals surface area contributed by atoms with Crippen LogP contribution in [0, 0.1) is 0 Å². The number of rotatable bonds is 9. The third-order valence-corrected chi connectivity index (χ3v) is 2.53. The van der Waals surface area contributed by atoms with Crippen LogP contribution in [0.5, 0.6) is 0 Å². The van der Waals surface area contributed by atoms with Crippen molar-refractivity contribution in [3.05, 3.63) is 23.9 Å². The highest BCUT2D eigenvalue weighted by molar-refractivity contribution is 4.97. The summed E-state index contributed by atoms with van der Waals surface area (Å²) in [5.74, 6) is 0. The molecule has 0 aliphatic carbocycles. The summed E-state index contributed by atoms with van der Waals surface area (Å²) < 4.78 is 0. The Morgan fingerprint density at radius 1 is 1.20 bits per heavy atom. The zero-order valence-corrected chi connectivity index (χ0v) is 10.7. The summed E-state index contributed by atoms with van der Waals surface area (Å²) in [6.07, 6.45) is 9.64. The van der Waals surface area contributed by atoms with Crippen LogP contribution in [-0.4, -0.2) is 6.54 Å². The largest absolute Gasteiger partial charge is 0.389 e. The maximum absolute atomic E-state index is 3.91. The second-order valence-corrected chi connectivity index (χ2v) is 4.26. The normalized spacial score (nSPS) is 11.5. The van der Waals surface area contributed by atoms with Crippen molar-refractivity contribution in [3.63, 3.8) is 0 Å². The first-order valence-electron chi connectivity index (χ1n) is 6.24. The van der Waals surface area contributed by atoms with Crippen molar-refractivity contribution in [1.29, 1.82) is 0 Å². The van der Waals surface area contributed by atoms with Gasteiger partial charge < -0.3 is 5.32 Å². The van der Waals surface area contributed by atoms with Crippen LogP contribution in [0.15, 0.2) is 23.9 Å². The summed E-state index contributed by atoms with van der Waals surface area (Å²) in [6.45, 7) is 11.5. The zero-order valence-electron chi connectivity index (χ0n) is 10.7. The minimum Gasteiger partial charge on any atom is -0.389 e. The first-order valence-corrected chi connectivity index (χ1v) is 6.24.